The molecule has 0 aromatic carbocycles. The Balaban J connectivity index is 2.67. The van der Waals surface area contributed by atoms with Gasteiger partial charge in [0, 0.05) is 12.1 Å². The standard InChI is InChI=1S/C11H22N4O2/c1-7(12)9-5-3-4-6-15(9)8(2)10(16)14-11(13)17/h7-9H,3-6,12H2,1-2H3,(H3,13,14,16,17). The van der Waals surface area contributed by atoms with Gasteiger partial charge in [0.05, 0.1) is 6.04 Å². The molecule has 3 amide bonds. The summed E-state index contributed by atoms with van der Waals surface area (Å²) >= 11 is 0. The topological polar surface area (TPSA) is 101 Å². The first-order valence-corrected chi connectivity index (χ1v) is 6.05. The van der Waals surface area contributed by atoms with Crippen molar-refractivity contribution >= 4 is 11.9 Å². The fraction of sp³-hybridized carbons (Fsp3) is 0.818. The average Bonchev–Trinajstić information content (AvgIpc) is 2.27. The van der Waals surface area contributed by atoms with Crippen LogP contribution in [0.15, 0.2) is 0 Å². The zero-order valence-electron chi connectivity index (χ0n) is 10.5. The van der Waals surface area contributed by atoms with Crippen LogP contribution < -0.4 is 16.8 Å². The quantitative estimate of drug-likeness (QED) is 0.636. The van der Waals surface area contributed by atoms with Crippen molar-refractivity contribution in [2.75, 3.05) is 6.54 Å². The normalized spacial score (nSPS) is 25.0. The number of nitrogens with zero attached hydrogens (tertiary/aromatic N) is 1. The summed E-state index contributed by atoms with van der Waals surface area (Å²) in [6.45, 7) is 4.56. The summed E-state index contributed by atoms with van der Waals surface area (Å²) in [7, 11) is 0. The highest BCUT2D eigenvalue weighted by molar-refractivity contribution is 5.96. The van der Waals surface area contributed by atoms with Gasteiger partial charge >= 0.3 is 6.03 Å². The van der Waals surface area contributed by atoms with Crippen LogP contribution >= 0.6 is 0 Å². The molecule has 1 rings (SSSR count). The number of hydrogen-bond acceptors (Lipinski definition) is 4. The van der Waals surface area contributed by atoms with E-state index in [2.05, 4.69) is 10.2 Å². The smallest absolute Gasteiger partial charge is 0.318 e. The minimum absolute atomic E-state index is 0.0131. The molecule has 0 radical (unpaired) electrons. The van der Waals surface area contributed by atoms with Crippen molar-refractivity contribution < 1.29 is 9.59 Å². The highest BCUT2D eigenvalue weighted by Gasteiger charge is 2.32. The summed E-state index contributed by atoms with van der Waals surface area (Å²) in [4.78, 5) is 24.4. The van der Waals surface area contributed by atoms with Gasteiger partial charge in [-0.05, 0) is 33.2 Å². The number of primary amides is 1. The van der Waals surface area contributed by atoms with E-state index >= 15 is 0 Å². The maximum absolute atomic E-state index is 11.7. The van der Waals surface area contributed by atoms with Gasteiger partial charge in [0.15, 0.2) is 0 Å². The number of hydrogen-bond donors (Lipinski definition) is 3. The molecular weight excluding hydrogens is 220 g/mol. The number of nitrogens with one attached hydrogen (secondary N) is 1. The van der Waals surface area contributed by atoms with Gasteiger partial charge in [0.2, 0.25) is 5.91 Å². The van der Waals surface area contributed by atoms with Crippen LogP contribution in [0.4, 0.5) is 4.79 Å². The van der Waals surface area contributed by atoms with E-state index in [9.17, 15) is 9.59 Å². The van der Waals surface area contributed by atoms with Crippen LogP contribution in [0.3, 0.4) is 0 Å². The number of urea groups is 1. The molecule has 98 valence electrons. The molecule has 0 aromatic heterocycles. The Hall–Kier alpha value is -1.14. The molecule has 0 aliphatic carbocycles. The molecule has 1 aliphatic heterocycles. The molecule has 1 fully saturated rings. The van der Waals surface area contributed by atoms with E-state index in [4.69, 9.17) is 11.5 Å². The second-order valence-electron chi connectivity index (χ2n) is 4.69. The maximum atomic E-state index is 11.7. The van der Waals surface area contributed by atoms with E-state index in [1.807, 2.05) is 6.92 Å². The van der Waals surface area contributed by atoms with Crippen LogP contribution in [0.2, 0.25) is 0 Å². The fourth-order valence-corrected chi connectivity index (χ4v) is 2.40. The summed E-state index contributed by atoms with van der Waals surface area (Å²) in [5, 5.41) is 2.12. The van der Waals surface area contributed by atoms with Gasteiger partial charge in [-0.2, -0.15) is 0 Å². The van der Waals surface area contributed by atoms with Crippen molar-refractivity contribution in [3.05, 3.63) is 0 Å². The number of carbonyl (C=O) groups excluding carboxylic acids is 2. The zero-order valence-corrected chi connectivity index (χ0v) is 10.5. The van der Waals surface area contributed by atoms with E-state index in [0.717, 1.165) is 25.8 Å². The van der Waals surface area contributed by atoms with E-state index in [-0.39, 0.29) is 24.0 Å². The lowest BCUT2D eigenvalue weighted by Crippen LogP contribution is -2.57. The lowest BCUT2D eigenvalue weighted by Gasteiger charge is -2.40. The summed E-state index contributed by atoms with van der Waals surface area (Å²) in [5.41, 5.74) is 10.9. The lowest BCUT2D eigenvalue weighted by molar-refractivity contribution is -0.126. The Bertz CT molecular complexity index is 293. The Morgan fingerprint density at radius 1 is 1.35 bits per heavy atom. The number of rotatable bonds is 3. The van der Waals surface area contributed by atoms with Crippen molar-refractivity contribution in [2.45, 2.75) is 51.2 Å². The summed E-state index contributed by atoms with van der Waals surface area (Å²) in [6.07, 6.45) is 3.18. The highest BCUT2D eigenvalue weighted by atomic mass is 16.2. The molecule has 0 bridgehead atoms. The molecule has 0 spiro atoms. The van der Waals surface area contributed by atoms with E-state index in [1.54, 1.807) is 6.92 Å². The van der Waals surface area contributed by atoms with Crippen molar-refractivity contribution in [2.24, 2.45) is 11.5 Å². The average molecular weight is 242 g/mol. The zero-order chi connectivity index (χ0) is 13.0. The van der Waals surface area contributed by atoms with E-state index in [1.165, 1.54) is 0 Å². The molecular formula is C11H22N4O2. The highest BCUT2D eigenvalue weighted by Crippen LogP contribution is 2.21. The van der Waals surface area contributed by atoms with Gasteiger partial charge in [-0.15, -0.1) is 0 Å². The second-order valence-corrected chi connectivity index (χ2v) is 4.69. The Labute approximate surface area is 102 Å². The van der Waals surface area contributed by atoms with Crippen LogP contribution in [0.5, 0.6) is 0 Å². The van der Waals surface area contributed by atoms with Crippen molar-refractivity contribution in [3.8, 4) is 0 Å². The van der Waals surface area contributed by atoms with Gasteiger partial charge in [-0.25, -0.2) is 4.79 Å². The van der Waals surface area contributed by atoms with Crippen LogP contribution in [0, 0.1) is 0 Å². The fourth-order valence-electron chi connectivity index (χ4n) is 2.40. The predicted molar refractivity (Wildman–Crippen MR) is 65.2 cm³/mol. The molecule has 17 heavy (non-hydrogen) atoms. The molecule has 6 heteroatoms. The van der Waals surface area contributed by atoms with Gasteiger partial charge < -0.3 is 11.5 Å². The number of nitrogens with two attached hydrogens (primary N) is 2. The monoisotopic (exact) mass is 242 g/mol. The van der Waals surface area contributed by atoms with Gasteiger partial charge in [0.1, 0.15) is 0 Å². The third-order valence-electron chi connectivity index (χ3n) is 3.32. The van der Waals surface area contributed by atoms with Gasteiger partial charge in [-0.1, -0.05) is 6.42 Å². The molecule has 3 atom stereocenters. The maximum Gasteiger partial charge on any atom is 0.318 e. The molecule has 1 heterocycles. The SMILES string of the molecule is CC(N)C1CCCCN1C(C)C(=O)NC(N)=O. The number of likely N-dealkylation sites (tertiary alicyclic amines) is 1. The minimum Gasteiger partial charge on any atom is -0.351 e. The molecule has 1 saturated heterocycles. The minimum atomic E-state index is -0.809. The molecule has 0 aromatic rings. The second kappa shape index (κ2) is 5.97. The Morgan fingerprint density at radius 3 is 2.53 bits per heavy atom. The molecule has 1 aliphatic rings. The first-order chi connectivity index (χ1) is 7.93. The molecule has 6 nitrogen and oxygen atoms in total. The Morgan fingerprint density at radius 2 is 2.00 bits per heavy atom. The third kappa shape index (κ3) is 3.67. The number of imide groups is 1. The molecule has 0 saturated carbocycles. The lowest BCUT2D eigenvalue weighted by atomic mass is 9.95. The van der Waals surface area contributed by atoms with Crippen LogP contribution in [-0.2, 0) is 4.79 Å². The van der Waals surface area contributed by atoms with Crippen molar-refractivity contribution in [1.82, 2.24) is 10.2 Å². The third-order valence-corrected chi connectivity index (χ3v) is 3.32. The van der Waals surface area contributed by atoms with E-state index < -0.39 is 6.03 Å². The number of carbonyl (C=O) groups is 2. The van der Waals surface area contributed by atoms with Crippen molar-refractivity contribution in [1.29, 1.82) is 0 Å². The number of piperidine rings is 1. The summed E-state index contributed by atoms with van der Waals surface area (Å²) in [5.74, 6) is -0.356. The summed E-state index contributed by atoms with van der Waals surface area (Å²) < 4.78 is 0. The summed E-state index contributed by atoms with van der Waals surface area (Å²) in [6, 6.07) is -0.980. The number of amides is 3. The van der Waals surface area contributed by atoms with E-state index in [0.29, 0.717) is 0 Å². The van der Waals surface area contributed by atoms with Crippen LogP contribution in [0.25, 0.3) is 0 Å². The Kier molecular flexibility index (Phi) is 4.89. The predicted octanol–water partition coefficient (Wildman–Crippen LogP) is -0.228. The molecule has 5 N–H and O–H groups in total. The van der Waals surface area contributed by atoms with Crippen molar-refractivity contribution in [3.63, 3.8) is 0 Å². The van der Waals surface area contributed by atoms with Crippen LogP contribution in [0.1, 0.15) is 33.1 Å². The molecule has 3 unspecified atom stereocenters. The largest absolute Gasteiger partial charge is 0.351 e. The first-order valence-electron chi connectivity index (χ1n) is 6.05. The van der Waals surface area contributed by atoms with Crippen LogP contribution in [-0.4, -0.2) is 41.5 Å². The van der Waals surface area contributed by atoms with Gasteiger partial charge in [0.25, 0.3) is 0 Å². The first kappa shape index (κ1) is 13.9. The van der Waals surface area contributed by atoms with Gasteiger partial charge in [-0.3, -0.25) is 15.0 Å².